The fourth-order valence-electron chi connectivity index (χ4n) is 2.13. The van der Waals surface area contributed by atoms with Crippen molar-refractivity contribution in [3.8, 4) is 0 Å². The zero-order valence-electron chi connectivity index (χ0n) is 12.0. The third-order valence-corrected chi connectivity index (χ3v) is 4.45. The lowest BCUT2D eigenvalue weighted by molar-refractivity contribution is 0.0980. The molecule has 0 radical (unpaired) electrons. The van der Waals surface area contributed by atoms with Crippen LogP contribution in [-0.4, -0.2) is 20.5 Å². The molecule has 3 nitrogen and oxygen atoms in total. The van der Waals surface area contributed by atoms with Crippen LogP contribution in [0.3, 0.4) is 0 Å². The molecule has 0 aliphatic carbocycles. The Bertz CT molecular complexity index is 701. The standard InChI is InChI=1S/C17H18O3S/c1-21(19,20)16-12-10-15(11-13-16)17(18)9-5-8-14-6-3-2-4-7-14/h2-4,6-7,10-13H,5,8-9H2,1H3. The molecular weight excluding hydrogens is 284 g/mol. The Morgan fingerprint density at radius 1 is 0.952 bits per heavy atom. The van der Waals surface area contributed by atoms with Gasteiger partial charge in [-0.2, -0.15) is 0 Å². The maximum absolute atomic E-state index is 12.0. The molecule has 4 heteroatoms. The summed E-state index contributed by atoms with van der Waals surface area (Å²) in [4.78, 5) is 12.3. The van der Waals surface area contributed by atoms with Gasteiger partial charge in [0.1, 0.15) is 0 Å². The SMILES string of the molecule is CS(=O)(=O)c1ccc(C(=O)CCCc2ccccc2)cc1. The fraction of sp³-hybridized carbons (Fsp3) is 0.235. The van der Waals surface area contributed by atoms with E-state index in [1.807, 2.05) is 30.3 Å². The maximum atomic E-state index is 12.0. The molecule has 0 aromatic heterocycles. The van der Waals surface area contributed by atoms with Crippen LogP contribution in [0.4, 0.5) is 0 Å². The Kier molecular flexibility index (Phi) is 4.91. The molecule has 0 unspecified atom stereocenters. The molecule has 0 amide bonds. The van der Waals surface area contributed by atoms with Crippen molar-refractivity contribution in [3.05, 3.63) is 65.7 Å². The summed E-state index contributed by atoms with van der Waals surface area (Å²) in [5.74, 6) is 0.0472. The van der Waals surface area contributed by atoms with Gasteiger partial charge in [0.2, 0.25) is 0 Å². The first-order chi connectivity index (χ1) is 9.97. The van der Waals surface area contributed by atoms with Gasteiger partial charge in [0, 0.05) is 18.2 Å². The first-order valence-electron chi connectivity index (χ1n) is 6.84. The van der Waals surface area contributed by atoms with Crippen LogP contribution in [0.1, 0.15) is 28.8 Å². The fourth-order valence-corrected chi connectivity index (χ4v) is 2.76. The molecule has 2 aromatic carbocycles. The van der Waals surface area contributed by atoms with Gasteiger partial charge in [-0.05, 0) is 30.5 Å². The summed E-state index contributed by atoms with van der Waals surface area (Å²) in [7, 11) is -3.21. The highest BCUT2D eigenvalue weighted by molar-refractivity contribution is 7.90. The van der Waals surface area contributed by atoms with E-state index in [0.717, 1.165) is 19.1 Å². The van der Waals surface area contributed by atoms with Gasteiger partial charge in [-0.3, -0.25) is 4.79 Å². The average Bonchev–Trinajstić information content (AvgIpc) is 2.47. The Morgan fingerprint density at radius 2 is 1.57 bits per heavy atom. The number of benzene rings is 2. The van der Waals surface area contributed by atoms with Crippen molar-refractivity contribution in [1.29, 1.82) is 0 Å². The van der Waals surface area contributed by atoms with E-state index in [1.54, 1.807) is 12.1 Å². The average molecular weight is 302 g/mol. The monoisotopic (exact) mass is 302 g/mol. The van der Waals surface area contributed by atoms with Gasteiger partial charge < -0.3 is 0 Å². The number of ketones is 1. The van der Waals surface area contributed by atoms with Crippen LogP contribution in [0, 0.1) is 0 Å². The normalized spacial score (nSPS) is 11.3. The topological polar surface area (TPSA) is 51.2 Å². The van der Waals surface area contributed by atoms with E-state index in [-0.39, 0.29) is 10.7 Å². The largest absolute Gasteiger partial charge is 0.294 e. The number of carbonyl (C=O) groups is 1. The van der Waals surface area contributed by atoms with E-state index in [4.69, 9.17) is 0 Å². The molecule has 21 heavy (non-hydrogen) atoms. The summed E-state index contributed by atoms with van der Waals surface area (Å²) in [6, 6.07) is 16.2. The summed E-state index contributed by atoms with van der Waals surface area (Å²) in [5.41, 5.74) is 1.79. The smallest absolute Gasteiger partial charge is 0.175 e. The number of hydrogen-bond donors (Lipinski definition) is 0. The van der Waals surface area contributed by atoms with Crippen LogP contribution in [-0.2, 0) is 16.3 Å². The molecule has 2 aromatic rings. The number of hydrogen-bond acceptors (Lipinski definition) is 3. The molecule has 0 N–H and O–H groups in total. The number of Topliss-reactive ketones (excluding diaryl/α,β-unsaturated/α-hetero) is 1. The number of sulfone groups is 1. The highest BCUT2D eigenvalue weighted by Gasteiger charge is 2.09. The Hall–Kier alpha value is -1.94. The lowest BCUT2D eigenvalue weighted by atomic mass is 10.0. The van der Waals surface area contributed by atoms with Crippen LogP contribution in [0.5, 0.6) is 0 Å². The van der Waals surface area contributed by atoms with Crippen LogP contribution in [0.25, 0.3) is 0 Å². The van der Waals surface area contributed by atoms with E-state index < -0.39 is 9.84 Å². The Balaban J connectivity index is 1.92. The van der Waals surface area contributed by atoms with E-state index >= 15 is 0 Å². The summed E-state index contributed by atoms with van der Waals surface area (Å²) in [6.07, 6.45) is 3.28. The van der Waals surface area contributed by atoms with Crippen molar-refractivity contribution in [2.24, 2.45) is 0 Å². The van der Waals surface area contributed by atoms with Crippen molar-refractivity contribution in [1.82, 2.24) is 0 Å². The molecule has 0 heterocycles. The second-order valence-electron chi connectivity index (χ2n) is 5.06. The van der Waals surface area contributed by atoms with Gasteiger partial charge in [0.15, 0.2) is 15.6 Å². The second-order valence-corrected chi connectivity index (χ2v) is 7.07. The Labute approximate surface area is 125 Å². The molecule has 0 saturated heterocycles. The first kappa shape index (κ1) is 15.4. The molecule has 110 valence electrons. The molecule has 0 fully saturated rings. The van der Waals surface area contributed by atoms with Crippen molar-refractivity contribution >= 4 is 15.6 Å². The van der Waals surface area contributed by atoms with Crippen LogP contribution in [0.2, 0.25) is 0 Å². The van der Waals surface area contributed by atoms with E-state index in [1.165, 1.54) is 17.7 Å². The molecule has 0 atom stereocenters. The van der Waals surface area contributed by atoms with Crippen molar-refractivity contribution in [2.45, 2.75) is 24.2 Å². The predicted molar refractivity (Wildman–Crippen MR) is 83.3 cm³/mol. The first-order valence-corrected chi connectivity index (χ1v) is 8.73. The number of aryl methyl sites for hydroxylation is 1. The third-order valence-electron chi connectivity index (χ3n) is 3.32. The molecule has 0 spiro atoms. The lowest BCUT2D eigenvalue weighted by Crippen LogP contribution is -2.02. The van der Waals surface area contributed by atoms with Crippen LogP contribution in [0.15, 0.2) is 59.5 Å². The maximum Gasteiger partial charge on any atom is 0.175 e. The number of rotatable bonds is 6. The zero-order chi connectivity index (χ0) is 15.3. The van der Waals surface area contributed by atoms with Crippen molar-refractivity contribution < 1.29 is 13.2 Å². The van der Waals surface area contributed by atoms with Gasteiger partial charge in [-0.25, -0.2) is 8.42 Å². The summed E-state index contributed by atoms with van der Waals surface area (Å²) in [6.45, 7) is 0. The van der Waals surface area contributed by atoms with Gasteiger partial charge in [0.05, 0.1) is 4.90 Å². The number of carbonyl (C=O) groups excluding carboxylic acids is 1. The Morgan fingerprint density at radius 3 is 2.14 bits per heavy atom. The molecule has 2 rings (SSSR count). The molecular formula is C17H18O3S. The van der Waals surface area contributed by atoms with E-state index in [2.05, 4.69) is 0 Å². The minimum atomic E-state index is -3.21. The molecule has 0 saturated carbocycles. The van der Waals surface area contributed by atoms with E-state index in [9.17, 15) is 13.2 Å². The minimum Gasteiger partial charge on any atom is -0.294 e. The van der Waals surface area contributed by atoms with E-state index in [0.29, 0.717) is 12.0 Å². The van der Waals surface area contributed by atoms with Gasteiger partial charge in [-0.1, -0.05) is 42.5 Å². The quantitative estimate of drug-likeness (QED) is 0.769. The summed E-state index contributed by atoms with van der Waals surface area (Å²) >= 11 is 0. The lowest BCUT2D eigenvalue weighted by Gasteiger charge is -2.03. The summed E-state index contributed by atoms with van der Waals surface area (Å²) < 4.78 is 22.7. The van der Waals surface area contributed by atoms with Gasteiger partial charge in [0.25, 0.3) is 0 Å². The van der Waals surface area contributed by atoms with Crippen LogP contribution < -0.4 is 0 Å². The van der Waals surface area contributed by atoms with Crippen molar-refractivity contribution in [2.75, 3.05) is 6.26 Å². The summed E-state index contributed by atoms with van der Waals surface area (Å²) in [5, 5.41) is 0. The van der Waals surface area contributed by atoms with Crippen molar-refractivity contribution in [3.63, 3.8) is 0 Å². The minimum absolute atomic E-state index is 0.0472. The molecule has 0 aliphatic heterocycles. The zero-order valence-corrected chi connectivity index (χ0v) is 12.8. The predicted octanol–water partition coefficient (Wildman–Crippen LogP) is 3.30. The molecule has 0 bridgehead atoms. The second kappa shape index (κ2) is 6.68. The van der Waals surface area contributed by atoms with Gasteiger partial charge >= 0.3 is 0 Å². The van der Waals surface area contributed by atoms with Gasteiger partial charge in [-0.15, -0.1) is 0 Å². The third kappa shape index (κ3) is 4.53. The highest BCUT2D eigenvalue weighted by atomic mass is 32.2. The molecule has 0 aliphatic rings. The highest BCUT2D eigenvalue weighted by Crippen LogP contribution is 2.13. The van der Waals surface area contributed by atoms with Crippen LogP contribution >= 0.6 is 0 Å².